The Bertz CT molecular complexity index is 650. The summed E-state index contributed by atoms with van der Waals surface area (Å²) < 4.78 is 0. The van der Waals surface area contributed by atoms with Crippen LogP contribution in [-0.2, 0) is 9.59 Å². The van der Waals surface area contributed by atoms with Crippen LogP contribution in [0.3, 0.4) is 0 Å². The monoisotopic (exact) mass is 332 g/mol. The molecule has 1 aliphatic heterocycles. The zero-order valence-electron chi connectivity index (χ0n) is 13.5. The maximum Gasteiger partial charge on any atom is 0.293 e. The van der Waals surface area contributed by atoms with Gasteiger partial charge in [-0.2, -0.15) is 0 Å². The minimum absolute atomic E-state index is 0.0906. The number of hydrogen-bond donors (Lipinski definition) is 1. The van der Waals surface area contributed by atoms with Crippen LogP contribution in [-0.4, -0.2) is 35.0 Å². The minimum Gasteiger partial charge on any atom is -0.354 e. The summed E-state index contributed by atoms with van der Waals surface area (Å²) in [4.78, 5) is 37.3. The Morgan fingerprint density at radius 2 is 1.91 bits per heavy atom. The van der Waals surface area contributed by atoms with E-state index in [9.17, 15) is 14.4 Å². The van der Waals surface area contributed by atoms with E-state index in [-0.39, 0.29) is 36.1 Å². The number of rotatable bonds is 5. The lowest BCUT2D eigenvalue weighted by Gasteiger charge is -2.13. The SMILES string of the molecule is Cc1ccc(C=C2SC(=O)N(CCNC(=O)C(C)C)C2=O)cc1. The zero-order chi connectivity index (χ0) is 17.0. The van der Waals surface area contributed by atoms with Gasteiger partial charge in [-0.1, -0.05) is 43.7 Å². The Labute approximate surface area is 140 Å². The van der Waals surface area contributed by atoms with Crippen molar-refractivity contribution in [1.29, 1.82) is 0 Å². The van der Waals surface area contributed by atoms with Crippen LogP contribution in [0.2, 0.25) is 0 Å². The quantitative estimate of drug-likeness (QED) is 0.842. The van der Waals surface area contributed by atoms with Crippen molar-refractivity contribution in [3.8, 4) is 0 Å². The van der Waals surface area contributed by atoms with Crippen molar-refractivity contribution in [2.75, 3.05) is 13.1 Å². The van der Waals surface area contributed by atoms with E-state index in [2.05, 4.69) is 5.32 Å². The van der Waals surface area contributed by atoms with Crippen molar-refractivity contribution in [3.63, 3.8) is 0 Å². The molecule has 1 saturated heterocycles. The molecule has 3 amide bonds. The van der Waals surface area contributed by atoms with Gasteiger partial charge in [-0.05, 0) is 30.3 Å². The molecule has 1 aromatic carbocycles. The Balaban J connectivity index is 1.99. The van der Waals surface area contributed by atoms with Crippen LogP contribution in [0.5, 0.6) is 0 Å². The van der Waals surface area contributed by atoms with Gasteiger partial charge >= 0.3 is 0 Å². The van der Waals surface area contributed by atoms with Gasteiger partial charge in [-0.25, -0.2) is 0 Å². The molecule has 0 radical (unpaired) electrons. The van der Waals surface area contributed by atoms with Gasteiger partial charge in [0.25, 0.3) is 11.1 Å². The first kappa shape index (κ1) is 17.3. The lowest BCUT2D eigenvalue weighted by atomic mass is 10.1. The molecular formula is C17H20N2O3S. The zero-order valence-corrected chi connectivity index (χ0v) is 14.3. The van der Waals surface area contributed by atoms with Crippen molar-refractivity contribution in [1.82, 2.24) is 10.2 Å². The molecule has 0 aromatic heterocycles. The Morgan fingerprint density at radius 1 is 1.26 bits per heavy atom. The van der Waals surface area contributed by atoms with E-state index in [4.69, 9.17) is 0 Å². The van der Waals surface area contributed by atoms with Gasteiger partial charge in [0.1, 0.15) is 0 Å². The number of thioether (sulfide) groups is 1. The highest BCUT2D eigenvalue weighted by Crippen LogP contribution is 2.31. The average Bonchev–Trinajstić information content (AvgIpc) is 2.76. The van der Waals surface area contributed by atoms with Crippen LogP contribution < -0.4 is 5.32 Å². The van der Waals surface area contributed by atoms with Crippen LogP contribution in [0.1, 0.15) is 25.0 Å². The fraction of sp³-hybridized carbons (Fsp3) is 0.353. The molecule has 5 nitrogen and oxygen atoms in total. The molecule has 0 saturated carbocycles. The molecule has 1 N–H and O–H groups in total. The van der Waals surface area contributed by atoms with Crippen LogP contribution in [0.25, 0.3) is 6.08 Å². The molecule has 0 bridgehead atoms. The van der Waals surface area contributed by atoms with Gasteiger partial charge in [-0.3, -0.25) is 19.3 Å². The van der Waals surface area contributed by atoms with Crippen molar-refractivity contribution < 1.29 is 14.4 Å². The van der Waals surface area contributed by atoms with Crippen molar-refractivity contribution in [2.24, 2.45) is 5.92 Å². The number of carbonyl (C=O) groups excluding carboxylic acids is 3. The summed E-state index contributed by atoms with van der Waals surface area (Å²) >= 11 is 0.932. The smallest absolute Gasteiger partial charge is 0.293 e. The molecule has 0 unspecified atom stereocenters. The highest BCUT2D eigenvalue weighted by molar-refractivity contribution is 8.18. The van der Waals surface area contributed by atoms with E-state index < -0.39 is 0 Å². The number of nitrogens with one attached hydrogen (secondary N) is 1. The van der Waals surface area contributed by atoms with E-state index in [1.807, 2.05) is 31.2 Å². The first-order chi connectivity index (χ1) is 10.9. The molecule has 122 valence electrons. The van der Waals surface area contributed by atoms with Crippen LogP contribution in [0.4, 0.5) is 4.79 Å². The maximum atomic E-state index is 12.3. The summed E-state index contributed by atoms with van der Waals surface area (Å²) in [6, 6.07) is 7.73. The van der Waals surface area contributed by atoms with Gasteiger partial charge in [0.05, 0.1) is 4.91 Å². The van der Waals surface area contributed by atoms with E-state index in [0.717, 1.165) is 22.9 Å². The molecule has 1 fully saturated rings. The summed E-state index contributed by atoms with van der Waals surface area (Å²) in [6.45, 7) is 6.03. The van der Waals surface area contributed by atoms with Gasteiger partial charge in [0.15, 0.2) is 0 Å². The minimum atomic E-state index is -0.306. The fourth-order valence-electron chi connectivity index (χ4n) is 2.00. The molecule has 1 aliphatic rings. The largest absolute Gasteiger partial charge is 0.354 e. The van der Waals surface area contributed by atoms with Crippen LogP contribution >= 0.6 is 11.8 Å². The summed E-state index contributed by atoms with van der Waals surface area (Å²) in [5, 5.41) is 2.41. The van der Waals surface area contributed by atoms with E-state index >= 15 is 0 Å². The summed E-state index contributed by atoms with van der Waals surface area (Å²) in [6.07, 6.45) is 1.72. The van der Waals surface area contributed by atoms with E-state index in [1.165, 1.54) is 4.90 Å². The van der Waals surface area contributed by atoms with Crippen LogP contribution in [0.15, 0.2) is 29.2 Å². The molecule has 0 atom stereocenters. The van der Waals surface area contributed by atoms with Crippen molar-refractivity contribution in [3.05, 3.63) is 40.3 Å². The highest BCUT2D eigenvalue weighted by Gasteiger charge is 2.34. The fourth-order valence-corrected chi connectivity index (χ4v) is 2.87. The average molecular weight is 332 g/mol. The molecule has 6 heteroatoms. The van der Waals surface area contributed by atoms with E-state index in [0.29, 0.717) is 4.91 Å². The third-order valence-corrected chi connectivity index (χ3v) is 4.32. The second-order valence-electron chi connectivity index (χ2n) is 5.69. The Morgan fingerprint density at radius 3 is 2.52 bits per heavy atom. The first-order valence-corrected chi connectivity index (χ1v) is 8.30. The summed E-state index contributed by atoms with van der Waals surface area (Å²) in [7, 11) is 0. The van der Waals surface area contributed by atoms with Gasteiger partial charge < -0.3 is 5.32 Å². The maximum absolute atomic E-state index is 12.3. The Kier molecular flexibility index (Phi) is 5.60. The number of carbonyl (C=O) groups is 3. The molecule has 23 heavy (non-hydrogen) atoms. The predicted octanol–water partition coefficient (Wildman–Crippen LogP) is 2.80. The lowest BCUT2D eigenvalue weighted by Crippen LogP contribution is -2.38. The molecular weight excluding hydrogens is 312 g/mol. The lowest BCUT2D eigenvalue weighted by molar-refractivity contribution is -0.125. The number of nitrogens with zero attached hydrogens (tertiary/aromatic N) is 1. The van der Waals surface area contributed by atoms with Crippen molar-refractivity contribution >= 4 is 34.9 Å². The number of amides is 3. The number of aryl methyl sites for hydroxylation is 1. The topological polar surface area (TPSA) is 66.5 Å². The molecule has 0 aliphatic carbocycles. The number of benzene rings is 1. The predicted molar refractivity (Wildman–Crippen MR) is 91.7 cm³/mol. The second kappa shape index (κ2) is 7.46. The Hall–Kier alpha value is -2.08. The third kappa shape index (κ3) is 4.45. The number of imide groups is 1. The number of hydrogen-bond acceptors (Lipinski definition) is 4. The molecule has 1 aromatic rings. The summed E-state index contributed by atoms with van der Waals surface area (Å²) in [5.41, 5.74) is 2.02. The van der Waals surface area contributed by atoms with Crippen LogP contribution in [0, 0.1) is 12.8 Å². The third-order valence-electron chi connectivity index (χ3n) is 3.41. The second-order valence-corrected chi connectivity index (χ2v) is 6.68. The van der Waals surface area contributed by atoms with Gasteiger partial charge in [0.2, 0.25) is 5.91 Å². The molecule has 2 rings (SSSR count). The molecule has 0 spiro atoms. The normalized spacial score (nSPS) is 16.5. The van der Waals surface area contributed by atoms with E-state index in [1.54, 1.807) is 19.9 Å². The summed E-state index contributed by atoms with van der Waals surface area (Å²) in [5.74, 6) is -0.516. The van der Waals surface area contributed by atoms with Crippen molar-refractivity contribution in [2.45, 2.75) is 20.8 Å². The first-order valence-electron chi connectivity index (χ1n) is 7.48. The highest BCUT2D eigenvalue weighted by atomic mass is 32.2. The standard InChI is InChI=1S/C17H20N2O3S/c1-11(2)15(20)18-8-9-19-16(21)14(23-17(19)22)10-13-6-4-12(3)5-7-13/h4-7,10-11H,8-9H2,1-3H3,(H,18,20). The molecule has 1 heterocycles. The van der Waals surface area contributed by atoms with Gasteiger partial charge in [0, 0.05) is 19.0 Å². The van der Waals surface area contributed by atoms with Gasteiger partial charge in [-0.15, -0.1) is 0 Å².